The zero-order valence-corrected chi connectivity index (χ0v) is 26.1. The number of rotatable bonds is 14. The Morgan fingerprint density at radius 2 is 1.81 bits per heavy atom. The van der Waals surface area contributed by atoms with Crippen LogP contribution in [0.5, 0.6) is 0 Å². The van der Waals surface area contributed by atoms with Gasteiger partial charge in [-0.15, -0.1) is 11.8 Å². The van der Waals surface area contributed by atoms with Crippen molar-refractivity contribution in [1.29, 1.82) is 0 Å². The summed E-state index contributed by atoms with van der Waals surface area (Å²) in [6, 6.07) is 0. The molecule has 236 valence electrons. The summed E-state index contributed by atoms with van der Waals surface area (Å²) in [7, 11) is 0. The molecule has 0 aromatic rings. The SMILES string of the molecule is CC#CCC(C)(C)[C@@H](/C=C/[C@@H]1[C@@H](C/C=C\CCCC(=O)NC(C)=O)[C@@H](O)C[C@H]1OC1CCCCO1)OC1CCCCO1. The van der Waals surface area contributed by atoms with Crippen LogP contribution in [0.1, 0.15) is 105 Å². The summed E-state index contributed by atoms with van der Waals surface area (Å²) in [4.78, 5) is 22.7. The lowest BCUT2D eigenvalue weighted by Crippen LogP contribution is -2.36. The van der Waals surface area contributed by atoms with E-state index in [1.807, 2.05) is 6.92 Å². The Kier molecular flexibility index (Phi) is 14.7. The van der Waals surface area contributed by atoms with Gasteiger partial charge >= 0.3 is 0 Å². The molecule has 8 nitrogen and oxygen atoms in total. The lowest BCUT2D eigenvalue weighted by Gasteiger charge is -2.35. The number of imide groups is 1. The van der Waals surface area contributed by atoms with E-state index in [4.69, 9.17) is 18.9 Å². The molecule has 7 atom stereocenters. The van der Waals surface area contributed by atoms with Gasteiger partial charge in [0.1, 0.15) is 0 Å². The number of unbranched alkanes of at least 4 members (excludes halogenated alkanes) is 1. The zero-order chi connectivity index (χ0) is 30.4. The number of aliphatic hydroxyl groups is 1. The maximum atomic E-state index is 11.7. The van der Waals surface area contributed by atoms with Gasteiger partial charge in [0.05, 0.1) is 18.3 Å². The highest BCUT2D eigenvalue weighted by atomic mass is 16.7. The van der Waals surface area contributed by atoms with Gasteiger partial charge in [0, 0.05) is 50.7 Å². The second-order valence-corrected chi connectivity index (χ2v) is 12.5. The van der Waals surface area contributed by atoms with Crippen molar-refractivity contribution >= 4 is 11.8 Å². The number of carbonyl (C=O) groups is 2. The van der Waals surface area contributed by atoms with Gasteiger partial charge in [-0.1, -0.05) is 38.2 Å². The summed E-state index contributed by atoms with van der Waals surface area (Å²) >= 11 is 0. The predicted octanol–water partition coefficient (Wildman–Crippen LogP) is 5.58. The minimum absolute atomic E-state index is 0.0112. The summed E-state index contributed by atoms with van der Waals surface area (Å²) in [5.41, 5.74) is -0.232. The second-order valence-electron chi connectivity index (χ2n) is 12.5. The normalized spacial score (nSPS) is 29.4. The number of nitrogens with one attached hydrogen (secondary N) is 1. The third-order valence-electron chi connectivity index (χ3n) is 8.46. The molecule has 2 saturated heterocycles. The monoisotopic (exact) mass is 587 g/mol. The molecular weight excluding hydrogens is 534 g/mol. The first-order valence-electron chi connectivity index (χ1n) is 15.9. The van der Waals surface area contributed by atoms with Crippen molar-refractivity contribution in [2.24, 2.45) is 17.3 Å². The first kappa shape index (κ1) is 34.5. The van der Waals surface area contributed by atoms with E-state index < -0.39 is 6.10 Å². The number of hydrogen-bond donors (Lipinski definition) is 2. The quantitative estimate of drug-likeness (QED) is 0.155. The number of carbonyl (C=O) groups excluding carboxylic acids is 2. The molecule has 0 radical (unpaired) electrons. The molecular formula is C34H53NO7. The zero-order valence-electron chi connectivity index (χ0n) is 26.1. The average molecular weight is 588 g/mol. The largest absolute Gasteiger partial charge is 0.393 e. The molecule has 2 unspecified atom stereocenters. The van der Waals surface area contributed by atoms with E-state index in [-0.39, 0.29) is 53.9 Å². The Labute approximate surface area is 253 Å². The van der Waals surface area contributed by atoms with E-state index in [0.29, 0.717) is 38.7 Å². The van der Waals surface area contributed by atoms with E-state index in [1.54, 1.807) is 0 Å². The van der Waals surface area contributed by atoms with Gasteiger partial charge in [0.2, 0.25) is 11.8 Å². The Morgan fingerprint density at radius 1 is 1.10 bits per heavy atom. The van der Waals surface area contributed by atoms with Crippen molar-refractivity contribution in [3.05, 3.63) is 24.3 Å². The highest BCUT2D eigenvalue weighted by Gasteiger charge is 2.43. The highest BCUT2D eigenvalue weighted by Crippen LogP contribution is 2.40. The first-order chi connectivity index (χ1) is 20.2. The fraction of sp³-hybridized carbons (Fsp3) is 0.765. The second kappa shape index (κ2) is 17.9. The van der Waals surface area contributed by atoms with Gasteiger partial charge in [-0.05, 0) is 70.6 Å². The minimum Gasteiger partial charge on any atom is -0.393 e. The van der Waals surface area contributed by atoms with E-state index in [9.17, 15) is 14.7 Å². The Balaban J connectivity index is 1.72. The third kappa shape index (κ3) is 11.6. The standard InChI is InChI=1S/C34H53NO7/c1-5-6-21-34(3,4)30(42-33-18-12-14-23-40-33)20-19-27-26(15-9-7-8-10-16-31(38)35-25(2)36)28(37)24-29(27)41-32-17-11-13-22-39-32/h7,9,19-20,26-30,32-33,37H,8,10-18,21-24H2,1-4H3,(H,35,36,38)/b9-7-,20-19+/t26-,27-,28+,29-,30-,32?,33?/m1/s1. The van der Waals surface area contributed by atoms with Crippen LogP contribution in [0.3, 0.4) is 0 Å². The number of ether oxygens (including phenoxy) is 4. The van der Waals surface area contributed by atoms with Gasteiger partial charge in [-0.2, -0.15) is 0 Å². The molecule has 0 bridgehead atoms. The molecule has 0 spiro atoms. The topological polar surface area (TPSA) is 103 Å². The molecule has 2 aliphatic heterocycles. The molecule has 1 saturated carbocycles. The third-order valence-corrected chi connectivity index (χ3v) is 8.46. The minimum atomic E-state index is -0.501. The van der Waals surface area contributed by atoms with Crippen LogP contribution in [0, 0.1) is 29.1 Å². The van der Waals surface area contributed by atoms with Crippen LogP contribution >= 0.6 is 0 Å². The summed E-state index contributed by atoms with van der Waals surface area (Å²) in [5.74, 6) is 5.65. The fourth-order valence-corrected chi connectivity index (χ4v) is 5.97. The number of aliphatic hydroxyl groups excluding tert-OH is 1. The molecule has 1 aliphatic carbocycles. The van der Waals surface area contributed by atoms with Crippen molar-refractivity contribution in [3.8, 4) is 11.8 Å². The molecule has 8 heteroatoms. The molecule has 2 amide bonds. The Morgan fingerprint density at radius 3 is 2.45 bits per heavy atom. The molecule has 42 heavy (non-hydrogen) atoms. The lowest BCUT2D eigenvalue weighted by atomic mass is 9.81. The van der Waals surface area contributed by atoms with Crippen LogP contribution < -0.4 is 5.32 Å². The molecule has 0 aromatic heterocycles. The molecule has 3 aliphatic rings. The maximum Gasteiger partial charge on any atom is 0.226 e. The molecule has 2 N–H and O–H groups in total. The van der Waals surface area contributed by atoms with Crippen LogP contribution in [0.4, 0.5) is 0 Å². The van der Waals surface area contributed by atoms with Crippen LogP contribution in [0.15, 0.2) is 24.3 Å². The lowest BCUT2D eigenvalue weighted by molar-refractivity contribution is -0.197. The van der Waals surface area contributed by atoms with Gasteiger partial charge in [-0.25, -0.2) is 0 Å². The summed E-state index contributed by atoms with van der Waals surface area (Å²) in [6.45, 7) is 8.99. The number of hydrogen-bond acceptors (Lipinski definition) is 7. The first-order valence-corrected chi connectivity index (χ1v) is 15.9. The van der Waals surface area contributed by atoms with Crippen LogP contribution in [-0.4, -0.2) is 61.0 Å². The van der Waals surface area contributed by atoms with E-state index in [1.165, 1.54) is 6.92 Å². The van der Waals surface area contributed by atoms with Gasteiger partial charge in [0.25, 0.3) is 0 Å². The smallest absolute Gasteiger partial charge is 0.226 e. The van der Waals surface area contributed by atoms with Gasteiger partial charge in [-0.3, -0.25) is 14.9 Å². The molecule has 2 heterocycles. The van der Waals surface area contributed by atoms with Crippen molar-refractivity contribution in [2.75, 3.05) is 13.2 Å². The number of allylic oxidation sites excluding steroid dienone is 2. The maximum absolute atomic E-state index is 11.7. The van der Waals surface area contributed by atoms with E-state index in [0.717, 1.165) is 51.6 Å². The Bertz CT molecular complexity index is 953. The van der Waals surface area contributed by atoms with Crippen molar-refractivity contribution in [1.82, 2.24) is 5.32 Å². The van der Waals surface area contributed by atoms with Crippen molar-refractivity contribution < 1.29 is 33.6 Å². The van der Waals surface area contributed by atoms with Crippen molar-refractivity contribution in [2.45, 2.75) is 136 Å². The molecule has 0 aromatic carbocycles. The van der Waals surface area contributed by atoms with Gasteiger partial charge in [0.15, 0.2) is 12.6 Å². The highest BCUT2D eigenvalue weighted by molar-refractivity contribution is 5.93. The fourth-order valence-electron chi connectivity index (χ4n) is 5.97. The summed E-state index contributed by atoms with van der Waals surface area (Å²) < 4.78 is 24.9. The number of amides is 2. The van der Waals surface area contributed by atoms with Crippen molar-refractivity contribution in [3.63, 3.8) is 0 Å². The van der Waals surface area contributed by atoms with Gasteiger partial charge < -0.3 is 24.1 Å². The molecule has 3 fully saturated rings. The Hall–Kier alpha value is -2.02. The van der Waals surface area contributed by atoms with Crippen LogP contribution in [0.25, 0.3) is 0 Å². The van der Waals surface area contributed by atoms with E-state index >= 15 is 0 Å². The predicted molar refractivity (Wildman–Crippen MR) is 162 cm³/mol. The van der Waals surface area contributed by atoms with Crippen LogP contribution in [0.2, 0.25) is 0 Å². The van der Waals surface area contributed by atoms with E-state index in [2.05, 4.69) is 55.3 Å². The van der Waals surface area contributed by atoms with Crippen LogP contribution in [-0.2, 0) is 28.5 Å². The molecule has 3 rings (SSSR count). The summed E-state index contributed by atoms with van der Waals surface area (Å²) in [6.07, 6.45) is 16.9. The average Bonchev–Trinajstić information content (AvgIpc) is 3.25. The summed E-state index contributed by atoms with van der Waals surface area (Å²) in [5, 5.41) is 13.5.